The maximum Gasteiger partial charge on any atom is 0.253 e. The molecule has 0 unspecified atom stereocenters. The van der Waals surface area contributed by atoms with Crippen LogP contribution in [0, 0.1) is 0 Å². The lowest BCUT2D eigenvalue weighted by molar-refractivity contribution is 0.660. The van der Waals surface area contributed by atoms with E-state index in [0.717, 1.165) is 11.4 Å². The highest BCUT2D eigenvalue weighted by atomic mass is 15.2. The van der Waals surface area contributed by atoms with Crippen LogP contribution in [0.2, 0.25) is 0 Å². The Bertz CT molecular complexity index is 2920. The van der Waals surface area contributed by atoms with E-state index in [-0.39, 0.29) is 12.1 Å². The first kappa shape index (κ1) is 31.5. The lowest BCUT2D eigenvalue weighted by atomic mass is 9.32. The molecule has 0 N–H and O–H groups in total. The quantitative estimate of drug-likeness (QED) is 0.168. The lowest BCUT2D eigenvalue weighted by Gasteiger charge is -2.45. The standard InChI is InChI=1S/C53H37BN2/c1-53(2)44-24-14-13-23-42(44)43-28-25-36(31-45(43)53)37-32-48-52-49(33-37)56(39-19-7-4-8-20-39)47-30-27-35-16-10-12-22-41(35)51(47)54(52)50-40-21-11-9-15-34(40)26-29-46(50)55(48)38-17-5-3-6-18-38/h3-33H,1-2H3. The second kappa shape index (κ2) is 11.6. The zero-order chi connectivity index (χ0) is 37.1. The Morgan fingerprint density at radius 1 is 0.375 bits per heavy atom. The molecule has 0 bridgehead atoms. The fraction of sp³-hybridized carbons (Fsp3) is 0.0566. The number of hydrogen-bond donors (Lipinski definition) is 0. The van der Waals surface area contributed by atoms with E-state index in [1.54, 1.807) is 0 Å². The molecule has 0 spiro atoms. The van der Waals surface area contributed by atoms with Gasteiger partial charge in [-0.15, -0.1) is 0 Å². The molecule has 2 heterocycles. The average molecular weight is 713 g/mol. The molecule has 0 fully saturated rings. The number of rotatable bonds is 3. The zero-order valence-corrected chi connectivity index (χ0v) is 31.4. The largest absolute Gasteiger partial charge is 0.311 e. The summed E-state index contributed by atoms with van der Waals surface area (Å²) >= 11 is 0. The first-order chi connectivity index (χ1) is 27.6. The van der Waals surface area contributed by atoms with Gasteiger partial charge >= 0.3 is 0 Å². The number of fused-ring (bicyclic) bond motifs is 11. The van der Waals surface area contributed by atoms with Crippen LogP contribution in [0.4, 0.5) is 34.1 Å². The number of nitrogens with zero attached hydrogens (tertiary/aromatic N) is 2. The van der Waals surface area contributed by atoms with Crippen LogP contribution in [0.1, 0.15) is 25.0 Å². The molecule has 0 atom stereocenters. The molecule has 12 rings (SSSR count). The van der Waals surface area contributed by atoms with Crippen molar-refractivity contribution in [3.8, 4) is 22.3 Å². The molecule has 0 aromatic heterocycles. The molecule has 262 valence electrons. The SMILES string of the molecule is CC1(C)c2ccccc2-c2ccc(-c3cc4c5c(c3)N(c3ccccc3)c3ccc6ccccc6c3B5c3c(ccc5ccccc35)N4c3ccccc3)cc21. The highest BCUT2D eigenvalue weighted by Crippen LogP contribution is 2.51. The van der Waals surface area contributed by atoms with E-state index in [1.165, 1.54) is 94.1 Å². The third-order valence-electron chi connectivity index (χ3n) is 12.8. The van der Waals surface area contributed by atoms with Crippen molar-refractivity contribution in [2.45, 2.75) is 19.3 Å². The van der Waals surface area contributed by atoms with Crippen LogP contribution in [0.15, 0.2) is 188 Å². The van der Waals surface area contributed by atoms with E-state index in [0.29, 0.717) is 0 Å². The van der Waals surface area contributed by atoms with Crippen LogP contribution in [-0.2, 0) is 5.41 Å². The Morgan fingerprint density at radius 3 is 1.46 bits per heavy atom. The van der Waals surface area contributed by atoms with Gasteiger partial charge in [-0.25, -0.2) is 0 Å². The molecule has 3 aliphatic rings. The summed E-state index contributed by atoms with van der Waals surface area (Å²) in [5.41, 5.74) is 19.1. The maximum atomic E-state index is 2.53. The molecule has 0 amide bonds. The third kappa shape index (κ3) is 4.28. The number of para-hydroxylation sites is 2. The summed E-state index contributed by atoms with van der Waals surface area (Å²) in [5.74, 6) is 0. The first-order valence-corrected chi connectivity index (χ1v) is 19.7. The second-order valence-corrected chi connectivity index (χ2v) is 16.1. The van der Waals surface area contributed by atoms with Gasteiger partial charge in [0, 0.05) is 39.5 Å². The highest BCUT2D eigenvalue weighted by molar-refractivity contribution is 7.02. The van der Waals surface area contributed by atoms with Gasteiger partial charge in [-0.1, -0.05) is 147 Å². The smallest absolute Gasteiger partial charge is 0.253 e. The van der Waals surface area contributed by atoms with Gasteiger partial charge in [0.15, 0.2) is 0 Å². The number of hydrogen-bond acceptors (Lipinski definition) is 2. The van der Waals surface area contributed by atoms with Crippen molar-refractivity contribution >= 4 is 78.8 Å². The van der Waals surface area contributed by atoms with Crippen LogP contribution in [0.3, 0.4) is 0 Å². The van der Waals surface area contributed by atoms with Gasteiger partial charge in [0.05, 0.1) is 0 Å². The predicted molar refractivity (Wildman–Crippen MR) is 238 cm³/mol. The summed E-state index contributed by atoms with van der Waals surface area (Å²) in [6.07, 6.45) is 0. The highest BCUT2D eigenvalue weighted by Gasteiger charge is 2.45. The molecular weight excluding hydrogens is 675 g/mol. The molecule has 1 aliphatic carbocycles. The molecule has 2 nitrogen and oxygen atoms in total. The van der Waals surface area contributed by atoms with E-state index in [1.807, 2.05) is 0 Å². The van der Waals surface area contributed by atoms with Gasteiger partial charge in [-0.3, -0.25) is 0 Å². The van der Waals surface area contributed by atoms with E-state index < -0.39 is 0 Å². The van der Waals surface area contributed by atoms with Crippen molar-refractivity contribution in [3.63, 3.8) is 0 Å². The van der Waals surface area contributed by atoms with Gasteiger partial charge in [-0.05, 0) is 126 Å². The molecule has 56 heavy (non-hydrogen) atoms. The predicted octanol–water partition coefficient (Wildman–Crippen LogP) is 12.0. The summed E-state index contributed by atoms with van der Waals surface area (Å²) in [4.78, 5) is 5.07. The second-order valence-electron chi connectivity index (χ2n) is 16.1. The molecule has 3 heteroatoms. The summed E-state index contributed by atoms with van der Waals surface area (Å²) in [5, 5.41) is 5.11. The summed E-state index contributed by atoms with van der Waals surface area (Å²) in [6.45, 7) is 4.75. The fourth-order valence-electron chi connectivity index (χ4n) is 10.3. The first-order valence-electron chi connectivity index (χ1n) is 19.7. The van der Waals surface area contributed by atoms with E-state index in [9.17, 15) is 0 Å². The van der Waals surface area contributed by atoms with Gasteiger partial charge in [0.25, 0.3) is 6.71 Å². The number of anilines is 6. The summed E-state index contributed by atoms with van der Waals surface area (Å²) in [6, 6.07) is 70.2. The minimum Gasteiger partial charge on any atom is -0.311 e. The van der Waals surface area contributed by atoms with Crippen LogP contribution < -0.4 is 26.2 Å². The van der Waals surface area contributed by atoms with Crippen molar-refractivity contribution in [1.82, 2.24) is 0 Å². The van der Waals surface area contributed by atoms with E-state index in [4.69, 9.17) is 0 Å². The van der Waals surface area contributed by atoms with Gasteiger partial charge < -0.3 is 9.80 Å². The Hall–Kier alpha value is -6.84. The van der Waals surface area contributed by atoms with Crippen LogP contribution in [0.25, 0.3) is 43.8 Å². The summed E-state index contributed by atoms with van der Waals surface area (Å²) < 4.78 is 0. The Labute approximate surface area is 328 Å². The third-order valence-corrected chi connectivity index (χ3v) is 12.8. The normalized spacial score (nSPS) is 14.3. The molecule has 9 aromatic carbocycles. The zero-order valence-electron chi connectivity index (χ0n) is 31.4. The van der Waals surface area contributed by atoms with Gasteiger partial charge in [0.2, 0.25) is 0 Å². The molecule has 2 aliphatic heterocycles. The van der Waals surface area contributed by atoms with Gasteiger partial charge in [0.1, 0.15) is 0 Å². The van der Waals surface area contributed by atoms with E-state index in [2.05, 4.69) is 212 Å². The van der Waals surface area contributed by atoms with Crippen molar-refractivity contribution in [2.75, 3.05) is 9.80 Å². The van der Waals surface area contributed by atoms with Crippen molar-refractivity contribution < 1.29 is 0 Å². The van der Waals surface area contributed by atoms with Crippen molar-refractivity contribution in [3.05, 3.63) is 199 Å². The minimum absolute atomic E-state index is 0.00428. The summed E-state index contributed by atoms with van der Waals surface area (Å²) in [7, 11) is 0. The number of benzene rings is 9. The Kier molecular flexibility index (Phi) is 6.52. The molecule has 0 saturated heterocycles. The van der Waals surface area contributed by atoms with Crippen molar-refractivity contribution in [2.24, 2.45) is 0 Å². The Balaban J connectivity index is 1.22. The minimum atomic E-state index is -0.0956. The van der Waals surface area contributed by atoms with Crippen molar-refractivity contribution in [1.29, 1.82) is 0 Å². The topological polar surface area (TPSA) is 6.48 Å². The Morgan fingerprint density at radius 2 is 0.875 bits per heavy atom. The van der Waals surface area contributed by atoms with Gasteiger partial charge in [-0.2, -0.15) is 0 Å². The van der Waals surface area contributed by atoms with E-state index >= 15 is 0 Å². The molecular formula is C53H37BN2. The fourth-order valence-corrected chi connectivity index (χ4v) is 10.3. The van der Waals surface area contributed by atoms with Crippen LogP contribution in [-0.4, -0.2) is 6.71 Å². The maximum absolute atomic E-state index is 2.53. The molecule has 0 radical (unpaired) electrons. The monoisotopic (exact) mass is 712 g/mol. The van der Waals surface area contributed by atoms with Crippen LogP contribution in [0.5, 0.6) is 0 Å². The molecule has 9 aromatic rings. The van der Waals surface area contributed by atoms with Crippen LogP contribution >= 0.6 is 0 Å². The average Bonchev–Trinajstić information content (AvgIpc) is 3.48. The molecule has 0 saturated carbocycles. The lowest BCUT2D eigenvalue weighted by Crippen LogP contribution is -2.61.